The normalized spacial score (nSPS) is 19.4. The Balaban J connectivity index is 2.45. The van der Waals surface area contributed by atoms with Crippen LogP contribution >= 0.6 is 0 Å². The van der Waals surface area contributed by atoms with Gasteiger partial charge in [-0.05, 0) is 53.2 Å². The van der Waals surface area contributed by atoms with Crippen LogP contribution in [-0.2, 0) is 9.31 Å². The molecular formula is C18H24BF2NO3. The fraction of sp³-hybridized carbons (Fsp3) is 0.500. The molecular weight excluding hydrogens is 327 g/mol. The van der Waals surface area contributed by atoms with E-state index in [0.717, 1.165) is 6.07 Å². The maximum atomic E-state index is 14.2. The van der Waals surface area contributed by atoms with Crippen molar-refractivity contribution in [2.45, 2.75) is 45.8 Å². The van der Waals surface area contributed by atoms with Crippen LogP contribution in [0, 0.1) is 11.6 Å². The Hall–Kier alpha value is -1.57. The van der Waals surface area contributed by atoms with Crippen LogP contribution in [0.1, 0.15) is 50.5 Å². The predicted molar refractivity (Wildman–Crippen MR) is 94.3 cm³/mol. The van der Waals surface area contributed by atoms with E-state index in [4.69, 9.17) is 9.31 Å². The van der Waals surface area contributed by atoms with Gasteiger partial charge in [0.25, 0.3) is 0 Å². The van der Waals surface area contributed by atoms with Crippen LogP contribution in [-0.4, -0.2) is 37.7 Å². The van der Waals surface area contributed by atoms with Crippen molar-refractivity contribution >= 4 is 19.0 Å². The van der Waals surface area contributed by atoms with Crippen LogP contribution in [0.4, 0.5) is 8.78 Å². The Morgan fingerprint density at radius 3 is 2.20 bits per heavy atom. The number of hydrogen-bond donors (Lipinski definition) is 1. The van der Waals surface area contributed by atoms with E-state index in [0.29, 0.717) is 12.0 Å². The third-order valence-electron chi connectivity index (χ3n) is 4.74. The van der Waals surface area contributed by atoms with Gasteiger partial charge in [0.15, 0.2) is 5.78 Å². The number of Topliss-reactive ketones (excluding diaryl/α,β-unsaturated/α-hetero) is 1. The minimum atomic E-state index is -0.868. The summed E-state index contributed by atoms with van der Waals surface area (Å²) in [5.41, 5.74) is -0.439. The van der Waals surface area contributed by atoms with Crippen LogP contribution in [0.3, 0.4) is 0 Å². The van der Waals surface area contributed by atoms with E-state index in [9.17, 15) is 13.6 Å². The topological polar surface area (TPSA) is 47.6 Å². The molecule has 1 aliphatic heterocycles. The summed E-state index contributed by atoms with van der Waals surface area (Å²) in [5, 5.41) is 3.00. The molecule has 4 nitrogen and oxygen atoms in total. The van der Waals surface area contributed by atoms with Crippen molar-refractivity contribution in [3.8, 4) is 0 Å². The molecule has 1 saturated heterocycles. The van der Waals surface area contributed by atoms with Gasteiger partial charge >= 0.3 is 7.12 Å². The van der Waals surface area contributed by atoms with Crippen LogP contribution < -0.4 is 5.32 Å². The number of rotatable bonds is 5. The Bertz CT molecular complexity index is 701. The van der Waals surface area contributed by atoms with Crippen LogP contribution in [0.2, 0.25) is 0 Å². The van der Waals surface area contributed by atoms with Gasteiger partial charge in [-0.2, -0.15) is 0 Å². The lowest BCUT2D eigenvalue weighted by Gasteiger charge is -2.32. The van der Waals surface area contributed by atoms with E-state index < -0.39 is 35.7 Å². The summed E-state index contributed by atoms with van der Waals surface area (Å²) in [6.07, 6.45) is 1.54. The number of carbonyl (C=O) groups excluding carboxylic acids is 1. The summed E-state index contributed by atoms with van der Waals surface area (Å²) in [4.78, 5) is 11.5. The molecule has 1 aliphatic rings. The lowest BCUT2D eigenvalue weighted by Crippen LogP contribution is -2.41. The van der Waals surface area contributed by atoms with Crippen molar-refractivity contribution in [2.24, 2.45) is 0 Å². The Morgan fingerprint density at radius 2 is 1.72 bits per heavy atom. The van der Waals surface area contributed by atoms with Crippen molar-refractivity contribution in [3.05, 3.63) is 40.4 Å². The van der Waals surface area contributed by atoms with Crippen molar-refractivity contribution in [3.63, 3.8) is 0 Å². The zero-order chi connectivity index (χ0) is 19.0. The average Bonchev–Trinajstić information content (AvgIpc) is 2.69. The van der Waals surface area contributed by atoms with Gasteiger partial charge in [0.2, 0.25) is 0 Å². The monoisotopic (exact) mass is 351 g/mol. The second-order valence-corrected chi connectivity index (χ2v) is 7.25. The molecule has 0 bridgehead atoms. The highest BCUT2D eigenvalue weighted by Crippen LogP contribution is 2.38. The second kappa shape index (κ2) is 6.98. The molecule has 1 heterocycles. The molecule has 0 radical (unpaired) electrons. The molecule has 7 heteroatoms. The molecule has 0 saturated carbocycles. The zero-order valence-electron chi connectivity index (χ0n) is 15.5. The van der Waals surface area contributed by atoms with Gasteiger partial charge in [-0.15, -0.1) is 0 Å². The number of likely N-dealkylation sites (N-methyl/N-ethyl adjacent to an activating group) is 1. The first-order valence-electron chi connectivity index (χ1n) is 8.19. The Kier molecular flexibility index (Phi) is 5.51. The maximum Gasteiger partial charge on any atom is 0.491 e. The van der Waals surface area contributed by atoms with E-state index in [1.807, 2.05) is 27.7 Å². The minimum Gasteiger partial charge on any atom is -0.400 e. The number of halogens is 2. The number of benzene rings is 1. The van der Waals surface area contributed by atoms with Gasteiger partial charge in [0.05, 0.1) is 16.8 Å². The first-order valence-corrected chi connectivity index (χ1v) is 8.19. The molecule has 0 unspecified atom stereocenters. The summed E-state index contributed by atoms with van der Waals surface area (Å²) in [6.45, 7) is 9.34. The third-order valence-corrected chi connectivity index (χ3v) is 4.74. The molecule has 0 atom stereocenters. The van der Waals surface area contributed by atoms with Gasteiger partial charge < -0.3 is 14.6 Å². The molecule has 1 fully saturated rings. The van der Waals surface area contributed by atoms with Gasteiger partial charge in [-0.1, -0.05) is 6.08 Å². The minimum absolute atomic E-state index is 0.117. The standard InChI is InChI=1S/C18H24BF2NO3/c1-11(23)14-8-12(15(20)9-16(14)21)7-13(10-22-6)19-24-17(2,3)18(4,5)25-19/h7-9,22H,10H2,1-6H3. The van der Waals surface area contributed by atoms with Crippen molar-refractivity contribution in [1.82, 2.24) is 5.32 Å². The first kappa shape index (κ1) is 19.8. The van der Waals surface area contributed by atoms with Crippen molar-refractivity contribution in [1.29, 1.82) is 0 Å². The fourth-order valence-electron chi connectivity index (χ4n) is 2.55. The molecule has 136 valence electrons. The Labute approximate surface area is 147 Å². The molecule has 1 aromatic rings. The predicted octanol–water partition coefficient (Wildman–Crippen LogP) is 3.40. The highest BCUT2D eigenvalue weighted by atomic mass is 19.1. The summed E-state index contributed by atoms with van der Waals surface area (Å²) in [5.74, 6) is -2.07. The average molecular weight is 351 g/mol. The summed E-state index contributed by atoms with van der Waals surface area (Å²) < 4.78 is 39.9. The largest absolute Gasteiger partial charge is 0.491 e. The van der Waals surface area contributed by atoms with Gasteiger partial charge in [0.1, 0.15) is 11.6 Å². The second-order valence-electron chi connectivity index (χ2n) is 7.25. The van der Waals surface area contributed by atoms with Gasteiger partial charge in [-0.25, -0.2) is 8.78 Å². The highest BCUT2D eigenvalue weighted by Gasteiger charge is 2.52. The maximum absolute atomic E-state index is 14.2. The summed E-state index contributed by atoms with van der Waals surface area (Å²) in [7, 11) is 1.09. The highest BCUT2D eigenvalue weighted by molar-refractivity contribution is 6.55. The molecule has 0 aromatic heterocycles. The lowest BCUT2D eigenvalue weighted by atomic mass is 9.77. The van der Waals surface area contributed by atoms with Crippen LogP contribution in [0.25, 0.3) is 6.08 Å². The molecule has 1 N–H and O–H groups in total. The molecule has 2 rings (SSSR count). The van der Waals surface area contributed by atoms with Crippen molar-refractivity contribution < 1.29 is 22.9 Å². The molecule has 0 aliphatic carbocycles. The number of carbonyl (C=O) groups is 1. The summed E-state index contributed by atoms with van der Waals surface area (Å²) >= 11 is 0. The van der Waals surface area contributed by atoms with Crippen LogP contribution in [0.5, 0.6) is 0 Å². The molecule has 25 heavy (non-hydrogen) atoms. The first-order chi connectivity index (χ1) is 11.5. The van der Waals surface area contributed by atoms with E-state index in [1.54, 1.807) is 13.1 Å². The Morgan fingerprint density at radius 1 is 1.16 bits per heavy atom. The number of hydrogen-bond acceptors (Lipinski definition) is 4. The van der Waals surface area contributed by atoms with E-state index in [1.165, 1.54) is 13.0 Å². The summed E-state index contributed by atoms with van der Waals surface area (Å²) in [6, 6.07) is 1.94. The van der Waals surface area contributed by atoms with E-state index in [2.05, 4.69) is 5.32 Å². The fourth-order valence-corrected chi connectivity index (χ4v) is 2.55. The number of ketones is 1. The SMILES string of the molecule is CNCC(=Cc1cc(C(C)=O)c(F)cc1F)B1OC(C)(C)C(C)(C)O1. The smallest absolute Gasteiger partial charge is 0.400 e. The number of nitrogens with one attached hydrogen (secondary N) is 1. The third kappa shape index (κ3) is 3.99. The van der Waals surface area contributed by atoms with Gasteiger partial charge in [0, 0.05) is 18.2 Å². The van der Waals surface area contributed by atoms with Crippen molar-refractivity contribution in [2.75, 3.05) is 13.6 Å². The molecule has 0 amide bonds. The lowest BCUT2D eigenvalue weighted by molar-refractivity contribution is 0.00578. The van der Waals surface area contributed by atoms with E-state index in [-0.39, 0.29) is 11.1 Å². The zero-order valence-corrected chi connectivity index (χ0v) is 15.5. The quantitative estimate of drug-likeness (QED) is 0.653. The van der Waals surface area contributed by atoms with Crippen LogP contribution in [0.15, 0.2) is 17.6 Å². The van der Waals surface area contributed by atoms with E-state index >= 15 is 0 Å². The van der Waals surface area contributed by atoms with Gasteiger partial charge in [-0.3, -0.25) is 4.79 Å². The molecule has 0 spiro atoms. The molecule has 1 aromatic carbocycles.